The van der Waals surface area contributed by atoms with E-state index in [4.69, 9.17) is 4.74 Å². The molecule has 0 saturated heterocycles. The number of hydrazone groups is 1. The van der Waals surface area contributed by atoms with Gasteiger partial charge >= 0.3 is 6.09 Å². The number of aromatic hydroxyl groups is 1. The van der Waals surface area contributed by atoms with E-state index in [9.17, 15) is 9.90 Å². The third-order valence-electron chi connectivity index (χ3n) is 3.00. The lowest BCUT2D eigenvalue weighted by atomic mass is 10.0. The average Bonchev–Trinajstić information content (AvgIpc) is 2.44. The fourth-order valence-electron chi connectivity index (χ4n) is 2.04. The predicted molar refractivity (Wildman–Crippen MR) is 87.2 cm³/mol. The first-order chi connectivity index (χ1) is 10.3. The van der Waals surface area contributed by atoms with E-state index in [0.717, 1.165) is 10.8 Å². The first-order valence-corrected chi connectivity index (χ1v) is 7.02. The summed E-state index contributed by atoms with van der Waals surface area (Å²) in [6.07, 6.45) is -0.632. The zero-order valence-electron chi connectivity index (χ0n) is 13.2. The standard InChI is InChI=1S/C17H20N2O3/c1-11(18-19-16(21)22-17(2,3)4)13-10-9-12-7-5-6-8-14(12)15(13)20/h5-10,20H,1-4H3,(H,19,21)/b18-11+. The highest BCUT2D eigenvalue weighted by Crippen LogP contribution is 2.28. The number of rotatable bonds is 2. The lowest BCUT2D eigenvalue weighted by molar-refractivity contribution is 0.0529. The number of hydrogen-bond acceptors (Lipinski definition) is 4. The van der Waals surface area contributed by atoms with Crippen molar-refractivity contribution < 1.29 is 14.6 Å². The Morgan fingerprint density at radius 3 is 2.55 bits per heavy atom. The number of fused-ring (bicyclic) bond motifs is 1. The molecule has 2 N–H and O–H groups in total. The van der Waals surface area contributed by atoms with E-state index in [0.29, 0.717) is 11.3 Å². The Morgan fingerprint density at radius 1 is 1.18 bits per heavy atom. The molecule has 1 amide bonds. The molecule has 5 heteroatoms. The molecule has 0 aliphatic carbocycles. The molecule has 2 rings (SSSR count). The van der Waals surface area contributed by atoms with Gasteiger partial charge in [0.2, 0.25) is 0 Å². The summed E-state index contributed by atoms with van der Waals surface area (Å²) in [6.45, 7) is 7.04. The van der Waals surface area contributed by atoms with Crippen LogP contribution in [-0.4, -0.2) is 22.5 Å². The summed E-state index contributed by atoms with van der Waals surface area (Å²) in [4.78, 5) is 11.6. The molecular formula is C17H20N2O3. The second-order valence-electron chi connectivity index (χ2n) is 5.99. The van der Waals surface area contributed by atoms with Crippen LogP contribution >= 0.6 is 0 Å². The van der Waals surface area contributed by atoms with Gasteiger partial charge in [-0.15, -0.1) is 0 Å². The molecule has 2 aromatic rings. The molecule has 0 saturated carbocycles. The summed E-state index contributed by atoms with van der Waals surface area (Å²) < 4.78 is 5.10. The summed E-state index contributed by atoms with van der Waals surface area (Å²) in [5.74, 6) is 0.144. The van der Waals surface area contributed by atoms with E-state index >= 15 is 0 Å². The summed E-state index contributed by atoms with van der Waals surface area (Å²) >= 11 is 0. The van der Waals surface area contributed by atoms with Gasteiger partial charge in [-0.05, 0) is 39.1 Å². The minimum absolute atomic E-state index is 0.144. The van der Waals surface area contributed by atoms with E-state index in [1.807, 2.05) is 30.3 Å². The van der Waals surface area contributed by atoms with Crippen LogP contribution in [0.3, 0.4) is 0 Å². The highest BCUT2D eigenvalue weighted by Gasteiger charge is 2.16. The van der Waals surface area contributed by atoms with Gasteiger partial charge in [-0.1, -0.05) is 30.3 Å². The molecule has 0 aliphatic heterocycles. The number of carbonyl (C=O) groups excluding carboxylic acids is 1. The van der Waals surface area contributed by atoms with Crippen LogP contribution in [0.4, 0.5) is 4.79 Å². The van der Waals surface area contributed by atoms with Crippen LogP contribution in [-0.2, 0) is 4.74 Å². The Kier molecular flexibility index (Phi) is 4.35. The maximum atomic E-state index is 11.6. The molecule has 0 radical (unpaired) electrons. The quantitative estimate of drug-likeness (QED) is 0.654. The van der Waals surface area contributed by atoms with E-state index < -0.39 is 11.7 Å². The van der Waals surface area contributed by atoms with Gasteiger partial charge in [0.1, 0.15) is 11.4 Å². The SMILES string of the molecule is C/C(=N\NC(=O)OC(C)(C)C)c1ccc2ccccc2c1O. The number of carbonyl (C=O) groups is 1. The van der Waals surface area contributed by atoms with Crippen LogP contribution in [0.5, 0.6) is 5.75 Å². The van der Waals surface area contributed by atoms with Crippen molar-refractivity contribution in [3.05, 3.63) is 42.0 Å². The van der Waals surface area contributed by atoms with Crippen molar-refractivity contribution in [2.45, 2.75) is 33.3 Å². The van der Waals surface area contributed by atoms with Gasteiger partial charge in [0.05, 0.1) is 5.71 Å². The van der Waals surface area contributed by atoms with E-state index in [-0.39, 0.29) is 5.75 Å². The first-order valence-electron chi connectivity index (χ1n) is 7.02. The summed E-state index contributed by atoms with van der Waals surface area (Å²) in [7, 11) is 0. The maximum Gasteiger partial charge on any atom is 0.428 e. The number of phenolic OH excluding ortho intramolecular Hbond substituents is 1. The van der Waals surface area contributed by atoms with E-state index in [1.165, 1.54) is 0 Å². The Labute approximate surface area is 129 Å². The van der Waals surface area contributed by atoms with E-state index in [2.05, 4.69) is 10.5 Å². The van der Waals surface area contributed by atoms with Gasteiger partial charge in [0.25, 0.3) is 0 Å². The number of amides is 1. The number of phenols is 1. The monoisotopic (exact) mass is 300 g/mol. The second kappa shape index (κ2) is 6.05. The van der Waals surface area contributed by atoms with Gasteiger partial charge in [-0.25, -0.2) is 10.2 Å². The minimum atomic E-state index is -0.632. The molecular weight excluding hydrogens is 280 g/mol. The molecule has 0 fully saturated rings. The smallest absolute Gasteiger partial charge is 0.428 e. The summed E-state index contributed by atoms with van der Waals surface area (Å²) in [5, 5.41) is 16.0. The maximum absolute atomic E-state index is 11.6. The van der Waals surface area contributed by atoms with Crippen molar-refractivity contribution in [1.82, 2.24) is 5.43 Å². The zero-order chi connectivity index (χ0) is 16.3. The topological polar surface area (TPSA) is 70.9 Å². The zero-order valence-corrected chi connectivity index (χ0v) is 13.2. The van der Waals surface area contributed by atoms with Crippen molar-refractivity contribution in [3.8, 4) is 5.75 Å². The molecule has 116 valence electrons. The normalized spacial score (nSPS) is 12.3. The fraction of sp³-hybridized carbons (Fsp3) is 0.294. The summed E-state index contributed by atoms with van der Waals surface area (Å²) in [6, 6.07) is 11.2. The first kappa shape index (κ1) is 15.8. The Balaban J connectivity index is 2.22. The van der Waals surface area contributed by atoms with E-state index in [1.54, 1.807) is 33.8 Å². The lowest BCUT2D eigenvalue weighted by Gasteiger charge is -2.18. The van der Waals surface area contributed by atoms with Gasteiger partial charge in [-0.3, -0.25) is 0 Å². The molecule has 5 nitrogen and oxygen atoms in total. The fourth-order valence-corrected chi connectivity index (χ4v) is 2.04. The largest absolute Gasteiger partial charge is 0.507 e. The van der Waals surface area contributed by atoms with Crippen molar-refractivity contribution >= 4 is 22.6 Å². The van der Waals surface area contributed by atoms with Crippen molar-refractivity contribution in [2.75, 3.05) is 0 Å². The molecule has 0 aliphatic rings. The third-order valence-corrected chi connectivity index (χ3v) is 3.00. The number of hydrogen-bond donors (Lipinski definition) is 2. The van der Waals surface area contributed by atoms with Gasteiger partial charge in [0.15, 0.2) is 0 Å². The molecule has 0 unspecified atom stereocenters. The lowest BCUT2D eigenvalue weighted by Crippen LogP contribution is -2.30. The molecule has 0 aromatic heterocycles. The van der Waals surface area contributed by atoms with Gasteiger partial charge < -0.3 is 9.84 Å². The highest BCUT2D eigenvalue weighted by molar-refractivity contribution is 6.06. The van der Waals surface area contributed by atoms with Gasteiger partial charge in [0, 0.05) is 10.9 Å². The number of benzene rings is 2. The molecule has 22 heavy (non-hydrogen) atoms. The summed E-state index contributed by atoms with van der Waals surface area (Å²) in [5.41, 5.74) is 2.80. The molecule has 0 heterocycles. The Hall–Kier alpha value is -2.56. The Morgan fingerprint density at radius 2 is 1.86 bits per heavy atom. The Bertz CT molecular complexity index is 730. The molecule has 0 bridgehead atoms. The average molecular weight is 300 g/mol. The third kappa shape index (κ3) is 3.75. The van der Waals surface area contributed by atoms with Crippen LogP contribution in [0.15, 0.2) is 41.5 Å². The molecule has 0 atom stereocenters. The van der Waals surface area contributed by atoms with Crippen molar-refractivity contribution in [1.29, 1.82) is 0 Å². The minimum Gasteiger partial charge on any atom is -0.507 e. The second-order valence-corrected chi connectivity index (χ2v) is 5.99. The van der Waals surface area contributed by atoms with Crippen LogP contribution in [0.2, 0.25) is 0 Å². The van der Waals surface area contributed by atoms with Crippen molar-refractivity contribution in [2.24, 2.45) is 5.10 Å². The van der Waals surface area contributed by atoms with Crippen LogP contribution < -0.4 is 5.43 Å². The van der Waals surface area contributed by atoms with Crippen LogP contribution in [0, 0.1) is 0 Å². The molecule has 0 spiro atoms. The van der Waals surface area contributed by atoms with Crippen LogP contribution in [0.25, 0.3) is 10.8 Å². The van der Waals surface area contributed by atoms with Gasteiger partial charge in [-0.2, -0.15) is 5.10 Å². The van der Waals surface area contributed by atoms with Crippen LogP contribution in [0.1, 0.15) is 33.3 Å². The predicted octanol–water partition coefficient (Wildman–Crippen LogP) is 3.79. The highest BCUT2D eigenvalue weighted by atomic mass is 16.6. The number of nitrogens with one attached hydrogen (secondary N) is 1. The molecule has 2 aromatic carbocycles. The van der Waals surface area contributed by atoms with Crippen molar-refractivity contribution in [3.63, 3.8) is 0 Å². The number of nitrogens with zero attached hydrogens (tertiary/aromatic N) is 1. The number of ether oxygens (including phenoxy) is 1.